The van der Waals surface area contributed by atoms with Crippen LogP contribution in [-0.2, 0) is 0 Å². The molecule has 6 nitrogen and oxygen atoms in total. The second kappa shape index (κ2) is 4.40. The first-order valence-electron chi connectivity index (χ1n) is 6.88. The highest BCUT2D eigenvalue weighted by Crippen LogP contribution is 2.36. The van der Waals surface area contributed by atoms with Crippen molar-refractivity contribution in [2.45, 2.75) is 19.4 Å². The highest BCUT2D eigenvalue weighted by atomic mass is 16.6. The molecule has 0 spiro atoms. The molecule has 104 valence electrons. The molecule has 1 unspecified atom stereocenters. The molecule has 0 fully saturated rings. The summed E-state index contributed by atoms with van der Waals surface area (Å²) in [6.45, 7) is 4.04. The Bertz CT molecular complexity index is 653. The third kappa shape index (κ3) is 1.79. The van der Waals surface area contributed by atoms with Crippen LogP contribution < -0.4 is 14.8 Å². The van der Waals surface area contributed by atoms with E-state index in [-0.39, 0.29) is 6.04 Å². The number of rotatable bonds is 1. The average molecular weight is 272 g/mol. The number of hydrogen-bond donors (Lipinski definition) is 1. The summed E-state index contributed by atoms with van der Waals surface area (Å²) in [5, 5.41) is 7.77. The van der Waals surface area contributed by atoms with Crippen LogP contribution >= 0.6 is 0 Å². The molecule has 2 aromatic rings. The fraction of sp³-hybridized carbons (Fsp3) is 0.429. The first-order valence-corrected chi connectivity index (χ1v) is 6.88. The summed E-state index contributed by atoms with van der Waals surface area (Å²) in [6, 6.07) is 6.33. The normalized spacial score (nSPS) is 20.1. The Labute approximate surface area is 116 Å². The van der Waals surface area contributed by atoms with E-state index in [2.05, 4.69) is 27.5 Å². The number of hydrogen-bond acceptors (Lipinski definition) is 5. The highest BCUT2D eigenvalue weighted by Gasteiger charge is 2.25. The Morgan fingerprint density at radius 3 is 3.00 bits per heavy atom. The molecule has 0 bridgehead atoms. The summed E-state index contributed by atoms with van der Waals surface area (Å²) < 4.78 is 13.2. The summed E-state index contributed by atoms with van der Waals surface area (Å²) in [5.74, 6) is 3.28. The topological polar surface area (TPSA) is 61.2 Å². The van der Waals surface area contributed by atoms with Crippen molar-refractivity contribution in [3.8, 4) is 11.5 Å². The second-order valence-corrected chi connectivity index (χ2v) is 5.06. The highest BCUT2D eigenvalue weighted by molar-refractivity contribution is 5.45. The van der Waals surface area contributed by atoms with E-state index in [1.165, 1.54) is 5.56 Å². The van der Waals surface area contributed by atoms with Crippen molar-refractivity contribution in [3.63, 3.8) is 0 Å². The Morgan fingerprint density at radius 2 is 2.10 bits per heavy atom. The lowest BCUT2D eigenvalue weighted by molar-refractivity contribution is 0.171. The molecule has 6 heteroatoms. The van der Waals surface area contributed by atoms with Gasteiger partial charge in [0.25, 0.3) is 0 Å². The van der Waals surface area contributed by atoms with Crippen LogP contribution in [-0.4, -0.2) is 34.5 Å². The van der Waals surface area contributed by atoms with Crippen molar-refractivity contribution in [1.29, 1.82) is 0 Å². The largest absolute Gasteiger partial charge is 0.486 e. The van der Waals surface area contributed by atoms with E-state index in [4.69, 9.17) is 9.47 Å². The van der Waals surface area contributed by atoms with Crippen LogP contribution in [0.25, 0.3) is 0 Å². The zero-order valence-electron chi connectivity index (χ0n) is 11.3. The smallest absolute Gasteiger partial charge is 0.221 e. The molecule has 0 amide bonds. The number of nitrogens with one attached hydrogen (secondary N) is 1. The molecule has 1 aromatic heterocycles. The first-order chi connectivity index (χ1) is 9.81. The minimum atomic E-state index is 0.197. The number of anilines is 1. The van der Waals surface area contributed by atoms with Crippen LogP contribution in [0.4, 0.5) is 5.95 Å². The van der Waals surface area contributed by atoms with E-state index in [1.807, 2.05) is 17.7 Å². The van der Waals surface area contributed by atoms with E-state index >= 15 is 0 Å². The number of fused-ring (bicyclic) bond motifs is 2. The summed E-state index contributed by atoms with van der Waals surface area (Å²) in [5.41, 5.74) is 1.18. The Morgan fingerprint density at radius 1 is 1.25 bits per heavy atom. The van der Waals surface area contributed by atoms with Gasteiger partial charge < -0.3 is 14.8 Å². The molecular weight excluding hydrogens is 256 g/mol. The van der Waals surface area contributed by atoms with Crippen LogP contribution in [0, 0.1) is 6.92 Å². The quantitative estimate of drug-likeness (QED) is 0.857. The van der Waals surface area contributed by atoms with Crippen molar-refractivity contribution in [3.05, 3.63) is 29.6 Å². The van der Waals surface area contributed by atoms with Gasteiger partial charge in [-0.15, -0.1) is 0 Å². The predicted molar refractivity (Wildman–Crippen MR) is 73.4 cm³/mol. The van der Waals surface area contributed by atoms with Crippen LogP contribution in [0.3, 0.4) is 0 Å². The SMILES string of the molecule is Cc1nc2n(n1)C(c1ccc3c(c1)OCCO3)CCN2. The van der Waals surface area contributed by atoms with Crippen LogP contribution in [0.1, 0.15) is 23.9 Å². The molecule has 0 aliphatic carbocycles. The van der Waals surface area contributed by atoms with E-state index < -0.39 is 0 Å². The zero-order chi connectivity index (χ0) is 13.5. The van der Waals surface area contributed by atoms with E-state index in [1.54, 1.807) is 0 Å². The molecule has 1 aromatic carbocycles. The first kappa shape index (κ1) is 11.6. The number of nitrogens with zero attached hydrogens (tertiary/aromatic N) is 3. The molecule has 3 heterocycles. The molecule has 0 saturated carbocycles. The lowest BCUT2D eigenvalue weighted by atomic mass is 10.0. The van der Waals surface area contributed by atoms with Crippen molar-refractivity contribution in [2.24, 2.45) is 0 Å². The molecule has 2 aliphatic heterocycles. The van der Waals surface area contributed by atoms with Crippen molar-refractivity contribution in [2.75, 3.05) is 25.1 Å². The maximum absolute atomic E-state index is 5.66. The predicted octanol–water partition coefficient (Wildman–Crippen LogP) is 1.76. The fourth-order valence-electron chi connectivity index (χ4n) is 2.79. The van der Waals surface area contributed by atoms with E-state index in [9.17, 15) is 0 Å². The van der Waals surface area contributed by atoms with Gasteiger partial charge in [0.05, 0.1) is 6.04 Å². The van der Waals surface area contributed by atoms with Gasteiger partial charge in [-0.2, -0.15) is 10.1 Å². The Balaban J connectivity index is 1.74. The van der Waals surface area contributed by atoms with Gasteiger partial charge in [-0.3, -0.25) is 0 Å². The van der Waals surface area contributed by atoms with Crippen LogP contribution in [0.5, 0.6) is 11.5 Å². The molecule has 20 heavy (non-hydrogen) atoms. The van der Waals surface area contributed by atoms with E-state index in [0.29, 0.717) is 13.2 Å². The minimum Gasteiger partial charge on any atom is -0.486 e. The maximum Gasteiger partial charge on any atom is 0.221 e. The van der Waals surface area contributed by atoms with Gasteiger partial charge in [-0.05, 0) is 31.0 Å². The monoisotopic (exact) mass is 272 g/mol. The minimum absolute atomic E-state index is 0.197. The average Bonchev–Trinajstić information content (AvgIpc) is 2.86. The van der Waals surface area contributed by atoms with Crippen molar-refractivity contribution in [1.82, 2.24) is 14.8 Å². The number of aromatic nitrogens is 3. The molecule has 1 N–H and O–H groups in total. The van der Waals surface area contributed by atoms with Gasteiger partial charge in [0.1, 0.15) is 19.0 Å². The maximum atomic E-state index is 5.66. The lowest BCUT2D eigenvalue weighted by Crippen LogP contribution is -2.25. The molecule has 1 atom stereocenters. The third-order valence-electron chi connectivity index (χ3n) is 3.68. The number of aryl methyl sites for hydroxylation is 1. The fourth-order valence-corrected chi connectivity index (χ4v) is 2.79. The van der Waals surface area contributed by atoms with Crippen LogP contribution in [0.2, 0.25) is 0 Å². The standard InChI is InChI=1S/C14H16N4O2/c1-9-16-14-15-5-4-11(18(14)17-9)10-2-3-12-13(8-10)20-7-6-19-12/h2-3,8,11H,4-7H2,1H3,(H,15,16,17). The zero-order valence-corrected chi connectivity index (χ0v) is 11.3. The number of benzene rings is 1. The third-order valence-corrected chi connectivity index (χ3v) is 3.68. The summed E-state index contributed by atoms with van der Waals surface area (Å²) >= 11 is 0. The lowest BCUT2D eigenvalue weighted by Gasteiger charge is -2.26. The second-order valence-electron chi connectivity index (χ2n) is 5.06. The number of ether oxygens (including phenoxy) is 2. The Hall–Kier alpha value is -2.24. The Kier molecular flexibility index (Phi) is 2.55. The van der Waals surface area contributed by atoms with Gasteiger partial charge in [-0.25, -0.2) is 4.68 Å². The summed E-state index contributed by atoms with van der Waals surface area (Å²) in [7, 11) is 0. The van der Waals surface area contributed by atoms with Gasteiger partial charge >= 0.3 is 0 Å². The van der Waals surface area contributed by atoms with Gasteiger partial charge in [0.15, 0.2) is 11.5 Å². The van der Waals surface area contributed by atoms with E-state index in [0.717, 1.165) is 36.2 Å². The van der Waals surface area contributed by atoms with Crippen molar-refractivity contribution >= 4 is 5.95 Å². The van der Waals surface area contributed by atoms with Crippen molar-refractivity contribution < 1.29 is 9.47 Å². The molecule has 0 saturated heterocycles. The van der Waals surface area contributed by atoms with Gasteiger partial charge in [-0.1, -0.05) is 6.07 Å². The summed E-state index contributed by atoms with van der Waals surface area (Å²) in [6.07, 6.45) is 0.982. The molecule has 0 radical (unpaired) electrons. The molecule has 4 rings (SSSR count). The van der Waals surface area contributed by atoms with Gasteiger partial charge in [0.2, 0.25) is 5.95 Å². The molecular formula is C14H16N4O2. The summed E-state index contributed by atoms with van der Waals surface area (Å²) in [4.78, 5) is 4.40. The van der Waals surface area contributed by atoms with Crippen LogP contribution in [0.15, 0.2) is 18.2 Å². The van der Waals surface area contributed by atoms with Gasteiger partial charge in [0, 0.05) is 6.54 Å². The molecule has 2 aliphatic rings.